The highest BCUT2D eigenvalue weighted by Gasteiger charge is 2.36. The van der Waals surface area contributed by atoms with E-state index >= 15 is 0 Å². The lowest BCUT2D eigenvalue weighted by Gasteiger charge is -2.32. The van der Waals surface area contributed by atoms with Gasteiger partial charge in [0.2, 0.25) is 0 Å². The van der Waals surface area contributed by atoms with Crippen LogP contribution in [0.1, 0.15) is 50.6 Å². The maximum Gasteiger partial charge on any atom is 0.320 e. The van der Waals surface area contributed by atoms with Gasteiger partial charge in [0.25, 0.3) is 0 Å². The molecule has 0 radical (unpaired) electrons. The van der Waals surface area contributed by atoms with E-state index in [1.807, 2.05) is 18.2 Å². The lowest BCUT2D eigenvalue weighted by molar-refractivity contribution is -0.143. The highest BCUT2D eigenvalue weighted by molar-refractivity contribution is 5.74. The van der Waals surface area contributed by atoms with Crippen LogP contribution in [0.4, 0.5) is 0 Å². The Balaban J connectivity index is 2.36. The van der Waals surface area contributed by atoms with E-state index in [-0.39, 0.29) is 6.04 Å². The van der Waals surface area contributed by atoms with Crippen LogP contribution in [0.25, 0.3) is 0 Å². The molecule has 1 aromatic carbocycles. The second kappa shape index (κ2) is 8.20. The Kier molecular flexibility index (Phi) is 6.28. The highest BCUT2D eigenvalue weighted by Crippen LogP contribution is 2.39. The summed E-state index contributed by atoms with van der Waals surface area (Å²) in [4.78, 5) is 13.7. The van der Waals surface area contributed by atoms with E-state index in [1.54, 1.807) is 14.2 Å². The summed E-state index contributed by atoms with van der Waals surface area (Å²) in [7, 11) is 3.28. The van der Waals surface area contributed by atoms with E-state index in [0.29, 0.717) is 0 Å². The minimum absolute atomic E-state index is 0.0689. The number of carboxylic acids is 1. The van der Waals surface area contributed by atoms with Crippen LogP contribution in [-0.4, -0.2) is 42.8 Å². The molecular weight excluding hydrogens is 294 g/mol. The van der Waals surface area contributed by atoms with Gasteiger partial charge in [0.05, 0.1) is 14.2 Å². The summed E-state index contributed by atoms with van der Waals surface area (Å²) in [5, 5.41) is 9.52. The number of benzene rings is 1. The van der Waals surface area contributed by atoms with Gasteiger partial charge in [-0.1, -0.05) is 25.8 Å². The minimum atomic E-state index is -0.725. The number of rotatable bonds is 8. The van der Waals surface area contributed by atoms with Gasteiger partial charge in [0, 0.05) is 17.7 Å². The van der Waals surface area contributed by atoms with Gasteiger partial charge >= 0.3 is 5.97 Å². The van der Waals surface area contributed by atoms with E-state index in [0.717, 1.165) is 55.7 Å². The third-order valence-corrected chi connectivity index (χ3v) is 4.61. The van der Waals surface area contributed by atoms with Gasteiger partial charge in [0.1, 0.15) is 17.5 Å². The molecular formula is C18H27NO4. The Morgan fingerprint density at radius 1 is 1.39 bits per heavy atom. The van der Waals surface area contributed by atoms with Gasteiger partial charge in [-0.15, -0.1) is 0 Å². The molecule has 5 heteroatoms. The quantitative estimate of drug-likeness (QED) is 0.794. The van der Waals surface area contributed by atoms with Crippen molar-refractivity contribution in [3.8, 4) is 11.5 Å². The molecule has 2 unspecified atom stereocenters. The van der Waals surface area contributed by atoms with Crippen LogP contribution in [0.15, 0.2) is 18.2 Å². The molecule has 1 aliphatic rings. The largest absolute Gasteiger partial charge is 0.497 e. The number of aliphatic carboxylic acids is 1. The van der Waals surface area contributed by atoms with Crippen molar-refractivity contribution in [2.75, 3.05) is 20.8 Å². The van der Waals surface area contributed by atoms with Gasteiger partial charge in [-0.2, -0.15) is 0 Å². The van der Waals surface area contributed by atoms with Gasteiger partial charge in [-0.25, -0.2) is 0 Å². The topological polar surface area (TPSA) is 59.0 Å². The molecule has 1 N–H and O–H groups in total. The Hall–Kier alpha value is -1.75. The van der Waals surface area contributed by atoms with Gasteiger partial charge in [-0.3, -0.25) is 9.69 Å². The zero-order chi connectivity index (χ0) is 16.8. The second-order valence-corrected chi connectivity index (χ2v) is 6.00. The fourth-order valence-corrected chi connectivity index (χ4v) is 3.42. The molecule has 1 heterocycles. The number of methoxy groups -OCH3 is 2. The molecule has 0 saturated carbocycles. The highest BCUT2D eigenvalue weighted by atomic mass is 16.5. The maximum absolute atomic E-state index is 11.6. The van der Waals surface area contributed by atoms with Crippen molar-refractivity contribution in [3.05, 3.63) is 23.8 Å². The fourth-order valence-electron chi connectivity index (χ4n) is 3.42. The molecule has 1 fully saturated rings. The number of carbonyl (C=O) groups is 1. The van der Waals surface area contributed by atoms with Crippen molar-refractivity contribution in [1.82, 2.24) is 4.90 Å². The van der Waals surface area contributed by atoms with E-state index in [9.17, 15) is 9.90 Å². The summed E-state index contributed by atoms with van der Waals surface area (Å²) in [6, 6.07) is 5.47. The molecule has 0 aliphatic carbocycles. The standard InChI is InChI=1S/C18H27NO4/c1-4-5-7-15(19-11-6-8-16(19)18(20)21)14-10-9-13(22-2)12-17(14)23-3/h9-10,12,15-16H,4-8,11H2,1-3H3,(H,20,21). The van der Waals surface area contributed by atoms with Crippen molar-refractivity contribution in [2.24, 2.45) is 0 Å². The number of hydrogen-bond donors (Lipinski definition) is 1. The van der Waals surface area contributed by atoms with Crippen molar-refractivity contribution in [1.29, 1.82) is 0 Å². The first-order chi connectivity index (χ1) is 11.1. The van der Waals surface area contributed by atoms with Crippen LogP contribution in [0.2, 0.25) is 0 Å². The van der Waals surface area contributed by atoms with Crippen LogP contribution < -0.4 is 9.47 Å². The number of nitrogens with zero attached hydrogens (tertiary/aromatic N) is 1. The summed E-state index contributed by atoms with van der Waals surface area (Å²) in [5.74, 6) is 0.786. The van der Waals surface area contributed by atoms with Crippen LogP contribution in [0, 0.1) is 0 Å². The molecule has 5 nitrogen and oxygen atoms in total. The van der Waals surface area contributed by atoms with Crippen molar-refractivity contribution in [3.63, 3.8) is 0 Å². The molecule has 0 amide bonds. The third-order valence-electron chi connectivity index (χ3n) is 4.61. The van der Waals surface area contributed by atoms with Gasteiger partial charge < -0.3 is 14.6 Å². The van der Waals surface area contributed by atoms with Crippen LogP contribution in [-0.2, 0) is 4.79 Å². The molecule has 1 saturated heterocycles. The normalized spacial score (nSPS) is 19.5. The Labute approximate surface area is 138 Å². The minimum Gasteiger partial charge on any atom is -0.497 e. The molecule has 2 rings (SSSR count). The lowest BCUT2D eigenvalue weighted by Crippen LogP contribution is -2.39. The zero-order valence-electron chi connectivity index (χ0n) is 14.2. The Morgan fingerprint density at radius 3 is 2.78 bits per heavy atom. The molecule has 0 bridgehead atoms. The molecule has 128 valence electrons. The number of hydrogen-bond acceptors (Lipinski definition) is 4. The summed E-state index contributed by atoms with van der Waals surface area (Å²) in [6.45, 7) is 2.97. The van der Waals surface area contributed by atoms with E-state index in [1.165, 1.54) is 0 Å². The monoisotopic (exact) mass is 321 g/mol. The smallest absolute Gasteiger partial charge is 0.320 e. The summed E-state index contributed by atoms with van der Waals surface area (Å²) < 4.78 is 10.8. The first-order valence-corrected chi connectivity index (χ1v) is 8.32. The SMILES string of the molecule is CCCCC(c1ccc(OC)cc1OC)N1CCCC1C(=O)O. The Bertz CT molecular complexity index is 532. The average molecular weight is 321 g/mol. The first-order valence-electron chi connectivity index (χ1n) is 8.32. The van der Waals surface area contributed by atoms with E-state index in [4.69, 9.17) is 9.47 Å². The van der Waals surface area contributed by atoms with E-state index < -0.39 is 12.0 Å². The molecule has 23 heavy (non-hydrogen) atoms. The molecule has 1 aliphatic heterocycles. The van der Waals surface area contributed by atoms with Crippen molar-refractivity contribution < 1.29 is 19.4 Å². The van der Waals surface area contributed by atoms with E-state index in [2.05, 4.69) is 11.8 Å². The first kappa shape index (κ1) is 17.6. The summed E-state index contributed by atoms with van der Waals surface area (Å²) in [6.07, 6.45) is 4.72. The van der Waals surface area contributed by atoms with Crippen LogP contribution in [0.3, 0.4) is 0 Å². The molecule has 0 aromatic heterocycles. The van der Waals surface area contributed by atoms with Gasteiger partial charge in [-0.05, 0) is 31.9 Å². The number of carboxylic acid groups (broad SMARTS) is 1. The number of ether oxygens (including phenoxy) is 2. The molecule has 0 spiro atoms. The zero-order valence-corrected chi connectivity index (χ0v) is 14.2. The summed E-state index contributed by atoms with van der Waals surface area (Å²) >= 11 is 0. The lowest BCUT2D eigenvalue weighted by atomic mass is 9.97. The third kappa shape index (κ3) is 3.96. The summed E-state index contributed by atoms with van der Waals surface area (Å²) in [5.41, 5.74) is 1.05. The Morgan fingerprint density at radius 2 is 2.17 bits per heavy atom. The fraction of sp³-hybridized carbons (Fsp3) is 0.611. The number of likely N-dealkylation sites (tertiary alicyclic amines) is 1. The van der Waals surface area contributed by atoms with Crippen LogP contribution in [0.5, 0.6) is 11.5 Å². The van der Waals surface area contributed by atoms with Crippen LogP contribution >= 0.6 is 0 Å². The molecule has 1 aromatic rings. The average Bonchev–Trinajstić information content (AvgIpc) is 3.05. The second-order valence-electron chi connectivity index (χ2n) is 6.00. The van der Waals surface area contributed by atoms with Crippen molar-refractivity contribution in [2.45, 2.75) is 51.1 Å². The maximum atomic E-state index is 11.6. The predicted octanol–water partition coefficient (Wildman–Crippen LogP) is 3.48. The number of unbranched alkanes of at least 4 members (excludes halogenated alkanes) is 1. The van der Waals surface area contributed by atoms with Gasteiger partial charge in [0.15, 0.2) is 0 Å². The predicted molar refractivity (Wildman–Crippen MR) is 89.2 cm³/mol. The van der Waals surface area contributed by atoms with Crippen molar-refractivity contribution >= 4 is 5.97 Å². The molecule has 2 atom stereocenters.